The van der Waals surface area contributed by atoms with Crippen LogP contribution in [0.1, 0.15) is 19.4 Å². The van der Waals surface area contributed by atoms with E-state index in [1.54, 1.807) is 24.3 Å². The van der Waals surface area contributed by atoms with E-state index in [1.807, 2.05) is 6.92 Å². The van der Waals surface area contributed by atoms with Gasteiger partial charge in [0.05, 0.1) is 18.6 Å². The van der Waals surface area contributed by atoms with Crippen LogP contribution in [-0.2, 0) is 21.4 Å². The van der Waals surface area contributed by atoms with Crippen LogP contribution in [0.4, 0.5) is 14.5 Å². The van der Waals surface area contributed by atoms with Crippen LogP contribution in [0.5, 0.6) is 5.75 Å². The minimum Gasteiger partial charge on any atom is -0.494 e. The van der Waals surface area contributed by atoms with Gasteiger partial charge in [-0.2, -0.15) is 0 Å². The van der Waals surface area contributed by atoms with Gasteiger partial charge in [0, 0.05) is 12.6 Å². The molecule has 1 atom stereocenters. The topological polar surface area (TPSA) is 75.7 Å². The van der Waals surface area contributed by atoms with Crippen LogP contribution in [0.15, 0.2) is 42.5 Å². The molecule has 0 saturated heterocycles. The zero-order valence-electron chi connectivity index (χ0n) is 15.8. The monoisotopic (exact) mass is 412 g/mol. The number of ether oxygens (including phenoxy) is 1. The summed E-state index contributed by atoms with van der Waals surface area (Å²) in [5.74, 6) is -2.19. The summed E-state index contributed by atoms with van der Waals surface area (Å²) in [4.78, 5) is 12.5. The molecule has 0 heterocycles. The van der Waals surface area contributed by atoms with Gasteiger partial charge in [0.15, 0.2) is 11.6 Å². The first-order chi connectivity index (χ1) is 13.1. The van der Waals surface area contributed by atoms with Gasteiger partial charge in [-0.15, -0.1) is 0 Å². The molecule has 0 aliphatic rings. The van der Waals surface area contributed by atoms with Gasteiger partial charge in [-0.3, -0.25) is 9.10 Å². The predicted molar refractivity (Wildman–Crippen MR) is 103 cm³/mol. The lowest BCUT2D eigenvalue weighted by atomic mass is 10.2. The second-order valence-corrected chi connectivity index (χ2v) is 7.99. The van der Waals surface area contributed by atoms with Gasteiger partial charge in [0.2, 0.25) is 15.9 Å². The zero-order chi connectivity index (χ0) is 20.9. The normalized spacial score (nSPS) is 12.3. The Balaban J connectivity index is 2.14. The van der Waals surface area contributed by atoms with Crippen LogP contribution >= 0.6 is 0 Å². The second-order valence-electron chi connectivity index (χ2n) is 6.13. The first-order valence-electron chi connectivity index (χ1n) is 8.57. The molecule has 2 rings (SSSR count). The van der Waals surface area contributed by atoms with Gasteiger partial charge in [-0.25, -0.2) is 17.2 Å². The van der Waals surface area contributed by atoms with Crippen molar-refractivity contribution in [3.63, 3.8) is 0 Å². The summed E-state index contributed by atoms with van der Waals surface area (Å²) < 4.78 is 57.1. The number of hydrogen-bond acceptors (Lipinski definition) is 4. The van der Waals surface area contributed by atoms with Crippen LogP contribution < -0.4 is 14.4 Å². The highest BCUT2D eigenvalue weighted by Crippen LogP contribution is 2.23. The highest BCUT2D eigenvalue weighted by molar-refractivity contribution is 7.92. The highest BCUT2D eigenvalue weighted by Gasteiger charge is 2.29. The maximum absolute atomic E-state index is 13.5. The Hall–Kier alpha value is -2.68. The Morgan fingerprint density at radius 2 is 1.79 bits per heavy atom. The molecule has 0 radical (unpaired) electrons. The Kier molecular flexibility index (Phi) is 6.95. The van der Waals surface area contributed by atoms with Gasteiger partial charge in [0.1, 0.15) is 11.8 Å². The van der Waals surface area contributed by atoms with Gasteiger partial charge < -0.3 is 10.1 Å². The van der Waals surface area contributed by atoms with Crippen LogP contribution in [-0.4, -0.2) is 33.2 Å². The Labute approximate surface area is 163 Å². The van der Waals surface area contributed by atoms with E-state index in [0.717, 1.165) is 34.3 Å². The van der Waals surface area contributed by atoms with Crippen molar-refractivity contribution < 1.29 is 26.7 Å². The summed E-state index contributed by atoms with van der Waals surface area (Å²) in [6.07, 6.45) is 0.893. The maximum atomic E-state index is 13.5. The van der Waals surface area contributed by atoms with E-state index in [0.29, 0.717) is 12.4 Å². The third kappa shape index (κ3) is 5.41. The molecule has 0 saturated carbocycles. The number of nitrogens with zero attached hydrogens (tertiary/aromatic N) is 1. The number of nitrogens with one attached hydrogen (secondary N) is 1. The largest absolute Gasteiger partial charge is 0.494 e. The molecule has 0 unspecified atom stereocenters. The lowest BCUT2D eigenvalue weighted by Crippen LogP contribution is -2.47. The van der Waals surface area contributed by atoms with Crippen molar-refractivity contribution in [2.24, 2.45) is 0 Å². The molecule has 1 amide bonds. The SMILES string of the molecule is CCOc1ccc(CNC(=O)[C@H](C)N(c2ccc(F)c(F)c2)S(C)(=O)=O)cc1. The molecule has 2 aromatic rings. The van der Waals surface area contributed by atoms with E-state index in [2.05, 4.69) is 5.32 Å². The smallest absolute Gasteiger partial charge is 0.243 e. The van der Waals surface area contributed by atoms with E-state index < -0.39 is 33.6 Å². The van der Waals surface area contributed by atoms with Crippen LogP contribution in [0, 0.1) is 11.6 Å². The van der Waals surface area contributed by atoms with E-state index in [1.165, 1.54) is 6.92 Å². The molecule has 0 bridgehead atoms. The zero-order valence-corrected chi connectivity index (χ0v) is 16.6. The third-order valence-electron chi connectivity index (χ3n) is 3.95. The van der Waals surface area contributed by atoms with Crippen molar-refractivity contribution in [2.75, 3.05) is 17.2 Å². The quantitative estimate of drug-likeness (QED) is 0.724. The molecule has 9 heteroatoms. The molecule has 1 N–H and O–H groups in total. The van der Waals surface area contributed by atoms with E-state index in [4.69, 9.17) is 4.74 Å². The standard InChI is InChI=1S/C19H22F2N2O4S/c1-4-27-16-8-5-14(6-9-16)12-22-19(24)13(2)23(28(3,25)26)15-7-10-17(20)18(21)11-15/h5-11,13H,4,12H2,1-3H3,(H,22,24)/t13-/m0/s1. The summed E-state index contributed by atoms with van der Waals surface area (Å²) in [7, 11) is -3.92. The number of amides is 1. The average Bonchev–Trinajstić information content (AvgIpc) is 2.63. The molecule has 0 fully saturated rings. The van der Waals surface area contributed by atoms with Crippen molar-refractivity contribution in [1.82, 2.24) is 5.32 Å². The fourth-order valence-electron chi connectivity index (χ4n) is 2.64. The molecular weight excluding hydrogens is 390 g/mol. The number of carbonyl (C=O) groups excluding carboxylic acids is 1. The van der Waals surface area contributed by atoms with Crippen molar-refractivity contribution >= 4 is 21.6 Å². The van der Waals surface area contributed by atoms with Crippen LogP contribution in [0.3, 0.4) is 0 Å². The molecule has 28 heavy (non-hydrogen) atoms. The van der Waals surface area contributed by atoms with Crippen molar-refractivity contribution in [2.45, 2.75) is 26.4 Å². The van der Waals surface area contributed by atoms with Gasteiger partial charge >= 0.3 is 0 Å². The number of sulfonamides is 1. The molecule has 152 valence electrons. The number of halogens is 2. The highest BCUT2D eigenvalue weighted by atomic mass is 32.2. The number of carbonyl (C=O) groups is 1. The number of anilines is 1. The molecule has 2 aromatic carbocycles. The third-order valence-corrected chi connectivity index (χ3v) is 5.19. The van der Waals surface area contributed by atoms with Crippen molar-refractivity contribution in [1.29, 1.82) is 0 Å². The summed E-state index contributed by atoms with van der Waals surface area (Å²) in [5.41, 5.74) is 0.660. The van der Waals surface area contributed by atoms with E-state index in [-0.39, 0.29) is 12.2 Å². The minimum atomic E-state index is -3.92. The first kappa shape index (κ1) is 21.6. The fourth-order valence-corrected chi connectivity index (χ4v) is 3.80. The lowest BCUT2D eigenvalue weighted by molar-refractivity contribution is -0.122. The molecule has 6 nitrogen and oxygen atoms in total. The lowest BCUT2D eigenvalue weighted by Gasteiger charge is -2.28. The van der Waals surface area contributed by atoms with Crippen molar-refractivity contribution in [3.05, 3.63) is 59.7 Å². The van der Waals surface area contributed by atoms with Gasteiger partial charge in [-0.1, -0.05) is 12.1 Å². The second kappa shape index (κ2) is 9.01. The fraction of sp³-hybridized carbons (Fsp3) is 0.316. The van der Waals surface area contributed by atoms with Gasteiger partial charge in [0.25, 0.3) is 0 Å². The first-order valence-corrected chi connectivity index (χ1v) is 10.4. The Bertz CT molecular complexity index is 933. The number of hydrogen-bond donors (Lipinski definition) is 1. The number of rotatable bonds is 8. The van der Waals surface area contributed by atoms with Gasteiger partial charge in [-0.05, 0) is 43.7 Å². The van der Waals surface area contributed by atoms with Crippen molar-refractivity contribution in [3.8, 4) is 5.75 Å². The predicted octanol–water partition coefficient (Wildman–Crippen LogP) is 2.83. The Morgan fingerprint density at radius 1 is 1.14 bits per heavy atom. The molecular formula is C19H22F2N2O4S. The summed E-state index contributed by atoms with van der Waals surface area (Å²) in [6, 6.07) is 8.58. The summed E-state index contributed by atoms with van der Waals surface area (Å²) in [5, 5.41) is 2.64. The molecule has 0 spiro atoms. The summed E-state index contributed by atoms with van der Waals surface area (Å²) in [6.45, 7) is 3.95. The molecule has 0 aliphatic carbocycles. The number of benzene rings is 2. The van der Waals surface area contributed by atoms with Crippen LogP contribution in [0.25, 0.3) is 0 Å². The van der Waals surface area contributed by atoms with E-state index >= 15 is 0 Å². The average molecular weight is 412 g/mol. The van der Waals surface area contributed by atoms with E-state index in [9.17, 15) is 22.0 Å². The maximum Gasteiger partial charge on any atom is 0.243 e. The molecule has 0 aromatic heterocycles. The van der Waals surface area contributed by atoms with Crippen LogP contribution in [0.2, 0.25) is 0 Å². The minimum absolute atomic E-state index is 0.134. The molecule has 0 aliphatic heterocycles. The summed E-state index contributed by atoms with van der Waals surface area (Å²) >= 11 is 0. The Morgan fingerprint density at radius 3 is 2.32 bits per heavy atom.